The van der Waals surface area contributed by atoms with Crippen LogP contribution in [-0.4, -0.2) is 98.4 Å². The maximum absolute atomic E-state index is 6.67. The van der Waals surface area contributed by atoms with E-state index in [9.17, 15) is 0 Å². The SMILES string of the molecule is CO[C@H]1O[C@H]2COc3ccccc3O[C@@H]2[C@H]2[C@@H]1N2C(c1ccccc1)N1[C@H]2[C@H](OC)O[C@H]3COc4ccccc4O[C@@H]3[C@@H]21. The van der Waals surface area contributed by atoms with E-state index in [1.54, 1.807) is 14.2 Å². The third-order valence-corrected chi connectivity index (χ3v) is 9.64. The van der Waals surface area contributed by atoms with Crippen LogP contribution >= 0.6 is 0 Å². The Balaban J connectivity index is 1.09. The number of methoxy groups -OCH3 is 2. The van der Waals surface area contributed by atoms with Gasteiger partial charge in [0.15, 0.2) is 35.6 Å². The Hall–Kier alpha value is -3.38. The van der Waals surface area contributed by atoms with Crippen molar-refractivity contribution in [2.75, 3.05) is 27.4 Å². The Bertz CT molecular complexity index is 1400. The lowest BCUT2D eigenvalue weighted by Gasteiger charge is -2.31. The van der Waals surface area contributed by atoms with Gasteiger partial charge in [-0.25, -0.2) is 0 Å². The number of benzene rings is 3. The molecule has 0 aromatic heterocycles. The molecule has 4 saturated heterocycles. The summed E-state index contributed by atoms with van der Waals surface area (Å²) in [4.78, 5) is 4.95. The third-order valence-electron chi connectivity index (χ3n) is 9.64. The van der Waals surface area contributed by atoms with Crippen molar-refractivity contribution in [2.45, 2.75) is 67.3 Å². The first-order valence-electron chi connectivity index (χ1n) is 15.0. The van der Waals surface area contributed by atoms with Crippen molar-refractivity contribution in [1.82, 2.24) is 9.80 Å². The van der Waals surface area contributed by atoms with Crippen LogP contribution in [0.15, 0.2) is 78.9 Å². The number of nitrogens with zero attached hydrogens (tertiary/aromatic N) is 2. The third kappa shape index (κ3) is 4.08. The van der Waals surface area contributed by atoms with Crippen LogP contribution < -0.4 is 18.9 Å². The number of rotatable bonds is 5. The van der Waals surface area contributed by atoms with Crippen LogP contribution in [0.3, 0.4) is 0 Å². The van der Waals surface area contributed by atoms with E-state index >= 15 is 0 Å². The predicted molar refractivity (Wildman–Crippen MR) is 152 cm³/mol. The fraction of sp³-hybridized carbons (Fsp3) is 0.455. The Labute approximate surface area is 249 Å². The van der Waals surface area contributed by atoms with E-state index in [1.165, 1.54) is 5.56 Å². The lowest BCUT2D eigenvalue weighted by Crippen LogP contribution is -2.50. The van der Waals surface area contributed by atoms with Gasteiger partial charge in [0.1, 0.15) is 37.6 Å². The van der Waals surface area contributed by atoms with Crippen LogP contribution in [0.5, 0.6) is 23.0 Å². The fourth-order valence-electron chi connectivity index (χ4n) is 7.70. The Morgan fingerprint density at radius 3 is 1.49 bits per heavy atom. The van der Waals surface area contributed by atoms with E-state index in [0.29, 0.717) is 13.2 Å². The normalized spacial score (nSPS) is 40.3. The molecule has 6 aliphatic heterocycles. The average molecular weight is 587 g/mol. The van der Waals surface area contributed by atoms with Crippen molar-refractivity contribution in [3.05, 3.63) is 84.4 Å². The minimum Gasteiger partial charge on any atom is -0.487 e. The van der Waals surface area contributed by atoms with E-state index in [0.717, 1.165) is 23.0 Å². The van der Waals surface area contributed by atoms with E-state index in [2.05, 4.69) is 34.1 Å². The lowest BCUT2D eigenvalue weighted by molar-refractivity contribution is -0.198. The van der Waals surface area contributed by atoms with Crippen LogP contribution in [0.1, 0.15) is 11.7 Å². The van der Waals surface area contributed by atoms with E-state index < -0.39 is 12.6 Å². The predicted octanol–water partition coefficient (Wildman–Crippen LogP) is 3.21. The van der Waals surface area contributed by atoms with Gasteiger partial charge in [-0.15, -0.1) is 0 Å². The van der Waals surface area contributed by atoms with Gasteiger partial charge in [0.25, 0.3) is 0 Å². The average Bonchev–Trinajstić information content (AvgIpc) is 3.96. The molecule has 9 rings (SSSR count). The Kier molecular flexibility index (Phi) is 6.11. The van der Waals surface area contributed by atoms with Crippen molar-refractivity contribution in [3.63, 3.8) is 0 Å². The monoisotopic (exact) mass is 586 g/mol. The van der Waals surface area contributed by atoms with Crippen LogP contribution in [0.25, 0.3) is 0 Å². The highest BCUT2D eigenvalue weighted by Crippen LogP contribution is 2.57. The molecule has 6 heterocycles. The molecule has 0 spiro atoms. The second-order valence-corrected chi connectivity index (χ2v) is 11.9. The molecule has 0 aliphatic carbocycles. The van der Waals surface area contributed by atoms with Gasteiger partial charge in [0, 0.05) is 14.2 Å². The maximum atomic E-state index is 6.67. The van der Waals surface area contributed by atoms with Gasteiger partial charge in [-0.1, -0.05) is 54.6 Å². The van der Waals surface area contributed by atoms with Crippen LogP contribution in [0.4, 0.5) is 0 Å². The highest BCUT2D eigenvalue weighted by Gasteiger charge is 2.73. The molecule has 43 heavy (non-hydrogen) atoms. The molecule has 0 radical (unpaired) electrons. The molecule has 3 aromatic carbocycles. The summed E-state index contributed by atoms with van der Waals surface area (Å²) < 4.78 is 50.5. The van der Waals surface area contributed by atoms with Crippen molar-refractivity contribution >= 4 is 0 Å². The van der Waals surface area contributed by atoms with Crippen molar-refractivity contribution in [3.8, 4) is 23.0 Å². The molecule has 3 aromatic rings. The largest absolute Gasteiger partial charge is 0.487 e. The summed E-state index contributed by atoms with van der Waals surface area (Å²) in [5, 5.41) is 0. The molecule has 0 bridgehead atoms. The van der Waals surface area contributed by atoms with Gasteiger partial charge in [0.05, 0.1) is 30.3 Å². The number of fused-ring (bicyclic) bond motifs is 8. The smallest absolute Gasteiger partial charge is 0.175 e. The lowest BCUT2D eigenvalue weighted by atomic mass is 10.0. The molecule has 13 atom stereocenters. The standard InChI is InChI=1S/C33H34N2O8/c1-36-32-27-25(29-23(42-32)16-38-19-12-6-8-14-21(19)40-29)34(27)31(18-10-4-3-5-11-18)35-26-28(35)33(37-2)43-24-17-39-20-13-7-9-15-22(20)41-30(24)26/h3-15,23-33H,16-17H2,1-2H3/t23-,24-,25+,26+,27-,28+,29-,30-,31?,32-,33+,34?,35?/m0/s1. The first kappa shape index (κ1) is 26.1. The molecular formula is C33H34N2O8. The van der Waals surface area contributed by atoms with Gasteiger partial charge in [-0.2, -0.15) is 0 Å². The van der Waals surface area contributed by atoms with Crippen molar-refractivity contribution < 1.29 is 37.9 Å². The molecule has 0 amide bonds. The topological polar surface area (TPSA) is 79.9 Å². The van der Waals surface area contributed by atoms with Crippen molar-refractivity contribution in [1.29, 1.82) is 0 Å². The van der Waals surface area contributed by atoms with Gasteiger partial charge < -0.3 is 37.9 Å². The number of para-hydroxylation sites is 4. The minimum absolute atomic E-state index is 0.0128. The quantitative estimate of drug-likeness (QED) is 0.416. The number of ether oxygens (including phenoxy) is 8. The van der Waals surface area contributed by atoms with E-state index in [1.807, 2.05) is 54.6 Å². The summed E-state index contributed by atoms with van der Waals surface area (Å²) in [6, 6.07) is 26.3. The molecule has 4 fully saturated rings. The molecule has 0 saturated carbocycles. The van der Waals surface area contributed by atoms with Crippen molar-refractivity contribution in [2.24, 2.45) is 0 Å². The summed E-state index contributed by atoms with van der Waals surface area (Å²) in [5.74, 6) is 2.93. The van der Waals surface area contributed by atoms with E-state index in [4.69, 9.17) is 37.9 Å². The maximum Gasteiger partial charge on any atom is 0.175 e. The Morgan fingerprint density at radius 1 is 0.581 bits per heavy atom. The molecule has 10 heteroatoms. The van der Waals surface area contributed by atoms with E-state index in [-0.39, 0.29) is 54.7 Å². The highest BCUT2D eigenvalue weighted by molar-refractivity contribution is 5.42. The first-order valence-corrected chi connectivity index (χ1v) is 15.0. The molecule has 0 N–H and O–H groups in total. The second-order valence-electron chi connectivity index (χ2n) is 11.9. The number of hydrogen-bond acceptors (Lipinski definition) is 10. The molecule has 3 unspecified atom stereocenters. The van der Waals surface area contributed by atoms with Crippen LogP contribution in [0, 0.1) is 0 Å². The second kappa shape index (κ2) is 10.1. The van der Waals surface area contributed by atoms with Gasteiger partial charge >= 0.3 is 0 Å². The zero-order valence-electron chi connectivity index (χ0n) is 23.9. The summed E-state index contributed by atoms with van der Waals surface area (Å²) in [6.45, 7) is 0.778. The minimum atomic E-state index is -0.426. The fourth-order valence-corrected chi connectivity index (χ4v) is 7.70. The van der Waals surface area contributed by atoms with Crippen LogP contribution in [0.2, 0.25) is 0 Å². The summed E-state index contributed by atoms with van der Waals surface area (Å²) in [7, 11) is 3.41. The molecule has 224 valence electrons. The zero-order valence-corrected chi connectivity index (χ0v) is 23.9. The zero-order chi connectivity index (χ0) is 28.7. The molecule has 10 nitrogen and oxygen atoms in total. The Morgan fingerprint density at radius 2 is 1.02 bits per heavy atom. The molecular weight excluding hydrogens is 552 g/mol. The number of hydrogen-bond donors (Lipinski definition) is 0. The van der Waals surface area contributed by atoms with Gasteiger partial charge in [-0.05, 0) is 29.8 Å². The van der Waals surface area contributed by atoms with Gasteiger partial charge in [0.2, 0.25) is 0 Å². The highest BCUT2D eigenvalue weighted by atomic mass is 16.7. The summed E-state index contributed by atoms with van der Waals surface area (Å²) in [6.07, 6.45) is -1.99. The molecule has 6 aliphatic rings. The summed E-state index contributed by atoms with van der Waals surface area (Å²) in [5.41, 5.74) is 1.17. The van der Waals surface area contributed by atoms with Crippen LogP contribution in [-0.2, 0) is 18.9 Å². The van der Waals surface area contributed by atoms with Gasteiger partial charge in [-0.3, -0.25) is 9.80 Å². The first-order chi connectivity index (χ1) is 21.2. The summed E-state index contributed by atoms with van der Waals surface area (Å²) >= 11 is 0.